The monoisotopic (exact) mass is 703 g/mol. The third-order valence-corrected chi connectivity index (χ3v) is 7.49. The molecule has 1 aliphatic heterocycles. The van der Waals surface area contributed by atoms with Crippen LogP contribution >= 0.6 is 17.0 Å². The summed E-state index contributed by atoms with van der Waals surface area (Å²) in [5, 5.41) is 17.4. The molecule has 2 amide bonds. The topological polar surface area (TPSA) is 134 Å². The van der Waals surface area contributed by atoms with E-state index in [1.807, 2.05) is 44.2 Å². The van der Waals surface area contributed by atoms with Gasteiger partial charge in [-0.1, -0.05) is 30.3 Å². The molecule has 0 bridgehead atoms. The van der Waals surface area contributed by atoms with E-state index in [1.54, 1.807) is 58.6 Å². The number of carbonyl (C=O) groups excluding carboxylic acids is 4. The highest BCUT2D eigenvalue weighted by atomic mass is 79.9. The lowest BCUT2D eigenvalue weighted by atomic mass is 9.97. The normalized spacial score (nSPS) is 15.8. The number of amides is 2. The molecule has 2 aromatic rings. The zero-order chi connectivity index (χ0) is 33.6. The van der Waals surface area contributed by atoms with Crippen molar-refractivity contribution in [3.63, 3.8) is 0 Å². The first-order valence-electron chi connectivity index (χ1n) is 15.5. The average Bonchev–Trinajstić information content (AvgIpc) is 3.45. The molecule has 2 aromatic carbocycles. The standard InChI is InChI=1S/C35H49N3O7.BrH/c1-33(2,3)31(42)44-25-18-24(19-26(20-25)45-32(43)34(4,5)6)28(39)21-37-35(7,8)22-36-30(41)27-15-12-16-38(27)29(40)17-23-13-10-9-11-14-23;/h9-11,13-14,18-20,27-28,37,39H,12,15-17,21-22H2,1-8H3,(H,36,41);1H. The zero-order valence-corrected chi connectivity index (χ0v) is 30.0. The van der Waals surface area contributed by atoms with Crippen molar-refractivity contribution in [2.75, 3.05) is 19.6 Å². The van der Waals surface area contributed by atoms with Crippen molar-refractivity contribution in [3.05, 3.63) is 59.7 Å². The molecule has 2 atom stereocenters. The lowest BCUT2D eigenvalue weighted by Crippen LogP contribution is -2.53. The summed E-state index contributed by atoms with van der Waals surface area (Å²) in [6.45, 7) is 15.1. The highest BCUT2D eigenvalue weighted by Crippen LogP contribution is 2.30. The molecule has 3 N–H and O–H groups in total. The van der Waals surface area contributed by atoms with E-state index >= 15 is 0 Å². The first kappa shape index (κ1) is 38.9. The van der Waals surface area contributed by atoms with Crippen LogP contribution in [0.3, 0.4) is 0 Å². The molecule has 0 radical (unpaired) electrons. The Balaban J connectivity index is 0.00000736. The van der Waals surface area contributed by atoms with E-state index in [-0.39, 0.29) is 59.8 Å². The van der Waals surface area contributed by atoms with Crippen LogP contribution in [0.5, 0.6) is 11.5 Å². The molecule has 3 rings (SSSR count). The highest BCUT2D eigenvalue weighted by molar-refractivity contribution is 8.93. The van der Waals surface area contributed by atoms with Gasteiger partial charge in [-0.05, 0) is 91.5 Å². The van der Waals surface area contributed by atoms with Crippen LogP contribution in [0, 0.1) is 10.8 Å². The number of esters is 2. The van der Waals surface area contributed by atoms with Crippen LogP contribution in [0.1, 0.15) is 85.5 Å². The summed E-state index contributed by atoms with van der Waals surface area (Å²) < 4.78 is 11.1. The van der Waals surface area contributed by atoms with Gasteiger partial charge in [-0.25, -0.2) is 0 Å². The fraction of sp³-hybridized carbons (Fsp3) is 0.543. The Hall–Kier alpha value is -3.28. The third kappa shape index (κ3) is 11.5. The molecular weight excluding hydrogens is 654 g/mol. The van der Waals surface area contributed by atoms with Gasteiger partial charge in [-0.15, -0.1) is 17.0 Å². The van der Waals surface area contributed by atoms with E-state index in [1.165, 1.54) is 6.07 Å². The Kier molecular flexibility index (Phi) is 13.5. The number of rotatable bonds is 11. The first-order valence-corrected chi connectivity index (χ1v) is 15.5. The van der Waals surface area contributed by atoms with E-state index < -0.39 is 40.5 Å². The van der Waals surface area contributed by atoms with Crippen LogP contribution in [-0.4, -0.2) is 65.0 Å². The third-order valence-electron chi connectivity index (χ3n) is 7.49. The summed E-state index contributed by atoms with van der Waals surface area (Å²) in [5.74, 6) is -0.916. The molecule has 0 aliphatic carbocycles. The Morgan fingerprint density at radius 3 is 1.96 bits per heavy atom. The molecule has 0 spiro atoms. The number of aliphatic hydroxyl groups excluding tert-OH is 1. The van der Waals surface area contributed by atoms with Crippen molar-refractivity contribution in [2.24, 2.45) is 10.8 Å². The van der Waals surface area contributed by atoms with Gasteiger partial charge in [0, 0.05) is 31.2 Å². The molecule has 1 heterocycles. The van der Waals surface area contributed by atoms with E-state index in [9.17, 15) is 24.3 Å². The Labute approximate surface area is 283 Å². The summed E-state index contributed by atoms with van der Waals surface area (Å²) in [7, 11) is 0. The number of likely N-dealkylation sites (tertiary alicyclic amines) is 1. The van der Waals surface area contributed by atoms with Crippen molar-refractivity contribution in [2.45, 2.75) is 92.3 Å². The van der Waals surface area contributed by atoms with Gasteiger partial charge in [0.05, 0.1) is 23.4 Å². The summed E-state index contributed by atoms with van der Waals surface area (Å²) in [5.41, 5.74) is -0.854. The molecule has 1 aliphatic rings. The molecule has 254 valence electrons. The summed E-state index contributed by atoms with van der Waals surface area (Å²) in [6, 6.07) is 13.5. The van der Waals surface area contributed by atoms with Gasteiger partial charge < -0.3 is 30.1 Å². The molecule has 1 fully saturated rings. The summed E-state index contributed by atoms with van der Waals surface area (Å²) >= 11 is 0. The zero-order valence-electron chi connectivity index (χ0n) is 28.3. The van der Waals surface area contributed by atoms with E-state index in [4.69, 9.17) is 9.47 Å². The second kappa shape index (κ2) is 16.0. The number of nitrogens with one attached hydrogen (secondary N) is 2. The predicted molar refractivity (Wildman–Crippen MR) is 182 cm³/mol. The van der Waals surface area contributed by atoms with Crippen molar-refractivity contribution >= 4 is 40.7 Å². The number of hydrogen-bond acceptors (Lipinski definition) is 8. The molecule has 46 heavy (non-hydrogen) atoms. The SMILES string of the molecule is Br.CC(C)(CNC(=O)C1CCCN1C(=O)Cc1ccccc1)NCC(O)c1cc(OC(=O)C(C)(C)C)cc(OC(=O)C(C)(C)C)c1. The lowest BCUT2D eigenvalue weighted by molar-refractivity contribution is -0.143. The van der Waals surface area contributed by atoms with Crippen LogP contribution in [0.15, 0.2) is 48.5 Å². The fourth-order valence-corrected chi connectivity index (χ4v) is 4.61. The van der Waals surface area contributed by atoms with Crippen LogP contribution in [-0.2, 0) is 25.6 Å². The van der Waals surface area contributed by atoms with Gasteiger partial charge >= 0.3 is 11.9 Å². The number of benzene rings is 2. The van der Waals surface area contributed by atoms with Crippen molar-refractivity contribution < 1.29 is 33.8 Å². The smallest absolute Gasteiger partial charge is 0.316 e. The number of hydrogen-bond donors (Lipinski definition) is 3. The quantitative estimate of drug-likeness (QED) is 0.222. The minimum Gasteiger partial charge on any atom is -0.426 e. The largest absolute Gasteiger partial charge is 0.426 e. The van der Waals surface area contributed by atoms with Crippen molar-refractivity contribution in [1.29, 1.82) is 0 Å². The number of halogens is 1. The highest BCUT2D eigenvalue weighted by Gasteiger charge is 2.35. The minimum atomic E-state index is -1.05. The molecule has 0 saturated carbocycles. The van der Waals surface area contributed by atoms with Gasteiger partial charge in [-0.2, -0.15) is 0 Å². The van der Waals surface area contributed by atoms with Crippen LogP contribution in [0.4, 0.5) is 0 Å². The molecule has 11 heteroatoms. The van der Waals surface area contributed by atoms with Crippen molar-refractivity contribution in [3.8, 4) is 11.5 Å². The maximum Gasteiger partial charge on any atom is 0.316 e. The molecular formula is C35H50BrN3O7. The number of nitrogens with zero attached hydrogens (tertiary/aromatic N) is 1. The number of β-amino-alcohol motifs (C(OH)–C–C–N with tert-alkyl or cyclic N) is 1. The summed E-state index contributed by atoms with van der Waals surface area (Å²) in [6.07, 6.45) is 0.575. The van der Waals surface area contributed by atoms with Gasteiger partial charge in [0.2, 0.25) is 11.8 Å². The van der Waals surface area contributed by atoms with Crippen LogP contribution in [0.25, 0.3) is 0 Å². The van der Waals surface area contributed by atoms with E-state index in [0.29, 0.717) is 18.5 Å². The minimum absolute atomic E-state index is 0. The second-order valence-corrected chi connectivity index (χ2v) is 14.4. The lowest BCUT2D eigenvalue weighted by Gasteiger charge is -2.30. The fourth-order valence-electron chi connectivity index (χ4n) is 4.61. The molecule has 2 unspecified atom stereocenters. The molecule has 0 aromatic heterocycles. The molecule has 1 saturated heterocycles. The van der Waals surface area contributed by atoms with Gasteiger partial charge in [0.1, 0.15) is 17.5 Å². The van der Waals surface area contributed by atoms with Crippen LogP contribution in [0.2, 0.25) is 0 Å². The predicted octanol–water partition coefficient (Wildman–Crippen LogP) is 4.92. The number of ether oxygens (including phenoxy) is 2. The summed E-state index contributed by atoms with van der Waals surface area (Å²) in [4.78, 5) is 52.9. The number of aliphatic hydroxyl groups is 1. The van der Waals surface area contributed by atoms with Crippen LogP contribution < -0.4 is 20.1 Å². The molecule has 10 nitrogen and oxygen atoms in total. The second-order valence-electron chi connectivity index (χ2n) is 14.4. The first-order chi connectivity index (χ1) is 20.9. The number of carbonyl (C=O) groups is 4. The maximum absolute atomic E-state index is 13.1. The van der Waals surface area contributed by atoms with E-state index in [0.717, 1.165) is 12.0 Å². The Morgan fingerprint density at radius 1 is 0.891 bits per heavy atom. The van der Waals surface area contributed by atoms with E-state index in [2.05, 4.69) is 10.6 Å². The Morgan fingerprint density at radius 2 is 1.43 bits per heavy atom. The average molecular weight is 705 g/mol. The van der Waals surface area contributed by atoms with Gasteiger partial charge in [0.25, 0.3) is 0 Å². The van der Waals surface area contributed by atoms with Gasteiger partial charge in [-0.3, -0.25) is 19.2 Å². The maximum atomic E-state index is 13.1. The Bertz CT molecular complexity index is 1320. The van der Waals surface area contributed by atoms with Gasteiger partial charge in [0.15, 0.2) is 0 Å². The van der Waals surface area contributed by atoms with Crippen molar-refractivity contribution in [1.82, 2.24) is 15.5 Å².